The zero-order chi connectivity index (χ0) is 21.3. The molecule has 158 valence electrons. The Hall–Kier alpha value is -2.37. The first-order valence-electron chi connectivity index (χ1n) is 10.3. The molecular weight excluding hydrogens is 403 g/mol. The Morgan fingerprint density at radius 2 is 1.90 bits per heavy atom. The molecule has 1 aliphatic rings. The quantitative estimate of drug-likeness (QED) is 0.517. The van der Waals surface area contributed by atoms with Crippen LogP contribution in [0.1, 0.15) is 35.6 Å². The molecule has 1 aliphatic heterocycles. The van der Waals surface area contributed by atoms with Gasteiger partial charge in [-0.3, -0.25) is 9.69 Å². The molecule has 2 aromatic carbocycles. The van der Waals surface area contributed by atoms with Crippen molar-refractivity contribution in [3.8, 4) is 0 Å². The summed E-state index contributed by atoms with van der Waals surface area (Å²) < 4.78 is 21.2. The summed E-state index contributed by atoms with van der Waals surface area (Å²) in [5.74, 6) is -0.313. The van der Waals surface area contributed by atoms with Crippen LogP contribution >= 0.6 is 11.6 Å². The van der Waals surface area contributed by atoms with Gasteiger partial charge in [0.15, 0.2) is 0 Å². The molecule has 0 unspecified atom stereocenters. The van der Waals surface area contributed by atoms with Crippen LogP contribution in [0, 0.1) is 12.7 Å². The predicted molar refractivity (Wildman–Crippen MR) is 117 cm³/mol. The van der Waals surface area contributed by atoms with Crippen LogP contribution in [0.3, 0.4) is 0 Å². The molecule has 0 aliphatic carbocycles. The second kappa shape index (κ2) is 8.78. The number of methoxy groups -OCH3 is 1. The highest BCUT2D eigenvalue weighted by atomic mass is 35.5. The van der Waals surface area contributed by atoms with Crippen molar-refractivity contribution in [1.82, 2.24) is 9.47 Å². The van der Waals surface area contributed by atoms with Crippen LogP contribution in [0.2, 0.25) is 5.02 Å². The minimum absolute atomic E-state index is 0.150. The van der Waals surface area contributed by atoms with Crippen LogP contribution < -0.4 is 0 Å². The van der Waals surface area contributed by atoms with Gasteiger partial charge < -0.3 is 9.30 Å². The van der Waals surface area contributed by atoms with E-state index in [0.717, 1.165) is 49.1 Å². The number of piperidine rings is 1. The predicted octanol–water partition coefficient (Wildman–Crippen LogP) is 5.29. The van der Waals surface area contributed by atoms with Gasteiger partial charge in [0.2, 0.25) is 0 Å². The van der Waals surface area contributed by atoms with Crippen molar-refractivity contribution in [2.75, 3.05) is 20.2 Å². The maximum Gasteiger partial charge on any atom is 0.325 e. The van der Waals surface area contributed by atoms with E-state index in [0.29, 0.717) is 10.6 Å². The Morgan fingerprint density at radius 3 is 2.60 bits per heavy atom. The second-order valence-electron chi connectivity index (χ2n) is 7.93. The molecule has 0 atom stereocenters. The first-order valence-corrected chi connectivity index (χ1v) is 10.7. The number of rotatable bonds is 5. The fraction of sp³-hybridized carbons (Fsp3) is 0.375. The van der Waals surface area contributed by atoms with Crippen molar-refractivity contribution in [3.05, 3.63) is 70.1 Å². The number of likely N-dealkylation sites (tertiary alicyclic amines) is 1. The average Bonchev–Trinajstić information content (AvgIpc) is 3.00. The molecule has 0 amide bonds. The molecular formula is C24H26ClFN2O2. The van der Waals surface area contributed by atoms with E-state index in [2.05, 4.69) is 17.9 Å². The van der Waals surface area contributed by atoms with Crippen molar-refractivity contribution in [2.24, 2.45) is 0 Å². The van der Waals surface area contributed by atoms with Crippen LogP contribution in [-0.4, -0.2) is 35.6 Å². The fourth-order valence-electron chi connectivity index (χ4n) is 4.60. The number of para-hydroxylation sites is 1. The standard InChI is InChI=1S/C24H26ClFN2O2/c1-16-19(18-6-3-4-9-22(18)28(16)15-23(29)30-2)14-27-12-10-17(11-13-27)24-20(25)7-5-8-21(24)26/h3-9,17H,10-15H2,1-2H3. The number of hydrogen-bond acceptors (Lipinski definition) is 3. The fourth-order valence-corrected chi connectivity index (χ4v) is 4.92. The number of benzene rings is 2. The van der Waals surface area contributed by atoms with Gasteiger partial charge in [0.05, 0.1) is 7.11 Å². The maximum atomic E-state index is 14.3. The van der Waals surface area contributed by atoms with Crippen molar-refractivity contribution >= 4 is 28.5 Å². The van der Waals surface area contributed by atoms with Crippen molar-refractivity contribution in [2.45, 2.75) is 38.8 Å². The number of carbonyl (C=O) groups excluding carboxylic acids is 1. The minimum Gasteiger partial charge on any atom is -0.468 e. The molecule has 0 saturated carbocycles. The monoisotopic (exact) mass is 428 g/mol. The van der Waals surface area contributed by atoms with Crippen molar-refractivity contribution < 1.29 is 13.9 Å². The van der Waals surface area contributed by atoms with Gasteiger partial charge in [0, 0.05) is 33.7 Å². The summed E-state index contributed by atoms with van der Waals surface area (Å²) in [6.07, 6.45) is 1.75. The van der Waals surface area contributed by atoms with E-state index >= 15 is 0 Å². The van der Waals surface area contributed by atoms with E-state index in [9.17, 15) is 9.18 Å². The third kappa shape index (κ3) is 3.96. The van der Waals surface area contributed by atoms with Gasteiger partial charge in [-0.15, -0.1) is 0 Å². The number of ether oxygens (including phenoxy) is 1. The van der Waals surface area contributed by atoms with Crippen LogP contribution in [0.4, 0.5) is 4.39 Å². The number of nitrogens with zero attached hydrogens (tertiary/aromatic N) is 2. The van der Waals surface area contributed by atoms with Gasteiger partial charge in [-0.25, -0.2) is 4.39 Å². The van der Waals surface area contributed by atoms with E-state index in [-0.39, 0.29) is 24.2 Å². The molecule has 4 nitrogen and oxygen atoms in total. The zero-order valence-electron chi connectivity index (χ0n) is 17.3. The number of fused-ring (bicyclic) bond motifs is 1. The molecule has 0 radical (unpaired) electrons. The zero-order valence-corrected chi connectivity index (χ0v) is 18.1. The Kier molecular flexibility index (Phi) is 6.11. The molecule has 30 heavy (non-hydrogen) atoms. The number of esters is 1. The van der Waals surface area contributed by atoms with Crippen LogP contribution in [0.15, 0.2) is 42.5 Å². The topological polar surface area (TPSA) is 34.5 Å². The van der Waals surface area contributed by atoms with E-state index in [1.54, 1.807) is 12.1 Å². The minimum atomic E-state index is -0.256. The molecule has 0 N–H and O–H groups in total. The molecule has 0 spiro atoms. The third-order valence-electron chi connectivity index (χ3n) is 6.25. The highest BCUT2D eigenvalue weighted by Gasteiger charge is 2.26. The second-order valence-corrected chi connectivity index (χ2v) is 8.34. The molecule has 1 aromatic heterocycles. The highest BCUT2D eigenvalue weighted by Crippen LogP contribution is 2.36. The van der Waals surface area contributed by atoms with Gasteiger partial charge in [-0.1, -0.05) is 35.9 Å². The molecule has 1 fully saturated rings. The molecule has 3 aromatic rings. The number of aromatic nitrogens is 1. The van der Waals surface area contributed by atoms with Crippen LogP contribution in [0.5, 0.6) is 0 Å². The Bertz CT molecular complexity index is 1050. The van der Waals surface area contributed by atoms with Crippen LogP contribution in [0.25, 0.3) is 10.9 Å². The summed E-state index contributed by atoms with van der Waals surface area (Å²) in [7, 11) is 1.41. The van der Waals surface area contributed by atoms with E-state index in [1.807, 2.05) is 22.8 Å². The van der Waals surface area contributed by atoms with E-state index in [1.165, 1.54) is 18.7 Å². The summed E-state index contributed by atoms with van der Waals surface area (Å²) >= 11 is 6.28. The Labute approximate surface area is 181 Å². The number of halogens is 2. The van der Waals surface area contributed by atoms with Crippen LogP contribution in [-0.2, 0) is 22.6 Å². The summed E-state index contributed by atoms with van der Waals surface area (Å²) in [6, 6.07) is 13.1. The third-order valence-corrected chi connectivity index (χ3v) is 6.58. The summed E-state index contributed by atoms with van der Waals surface area (Å²) in [5, 5.41) is 1.69. The molecule has 1 saturated heterocycles. The molecule has 2 heterocycles. The summed E-state index contributed by atoms with van der Waals surface area (Å²) in [6.45, 7) is 4.83. The van der Waals surface area contributed by atoms with Gasteiger partial charge in [0.1, 0.15) is 12.4 Å². The molecule has 6 heteroatoms. The first kappa shape index (κ1) is 20.9. The average molecular weight is 429 g/mol. The SMILES string of the molecule is COC(=O)Cn1c(C)c(CN2CCC(c3c(F)cccc3Cl)CC2)c2ccccc21. The van der Waals surface area contributed by atoms with Gasteiger partial charge >= 0.3 is 5.97 Å². The van der Waals surface area contributed by atoms with Gasteiger partial charge in [-0.05, 0) is 62.5 Å². The van der Waals surface area contributed by atoms with Gasteiger partial charge in [-0.2, -0.15) is 0 Å². The first-order chi connectivity index (χ1) is 14.5. The Balaban J connectivity index is 1.53. The van der Waals surface area contributed by atoms with Crippen molar-refractivity contribution in [3.63, 3.8) is 0 Å². The smallest absolute Gasteiger partial charge is 0.325 e. The lowest BCUT2D eigenvalue weighted by molar-refractivity contribution is -0.141. The highest BCUT2D eigenvalue weighted by molar-refractivity contribution is 6.31. The normalized spacial score (nSPS) is 15.6. The number of hydrogen-bond donors (Lipinski definition) is 0. The van der Waals surface area contributed by atoms with E-state index in [4.69, 9.17) is 16.3 Å². The molecule has 4 rings (SSSR count). The molecule has 0 bridgehead atoms. The lowest BCUT2D eigenvalue weighted by atomic mass is 9.89. The number of carbonyl (C=O) groups is 1. The lowest BCUT2D eigenvalue weighted by Crippen LogP contribution is -2.33. The Morgan fingerprint density at radius 1 is 1.17 bits per heavy atom. The maximum absolute atomic E-state index is 14.3. The summed E-state index contributed by atoms with van der Waals surface area (Å²) in [4.78, 5) is 14.3. The summed E-state index contributed by atoms with van der Waals surface area (Å²) in [5.41, 5.74) is 4.02. The largest absolute Gasteiger partial charge is 0.468 e. The van der Waals surface area contributed by atoms with E-state index < -0.39 is 0 Å². The van der Waals surface area contributed by atoms with Crippen molar-refractivity contribution in [1.29, 1.82) is 0 Å². The lowest BCUT2D eigenvalue weighted by Gasteiger charge is -2.32. The van der Waals surface area contributed by atoms with Gasteiger partial charge in [0.25, 0.3) is 0 Å².